The third-order valence-electron chi connectivity index (χ3n) is 4.29. The summed E-state index contributed by atoms with van der Waals surface area (Å²) in [6.45, 7) is 1.55. The molecule has 2 atom stereocenters. The van der Waals surface area contributed by atoms with Crippen molar-refractivity contribution in [2.45, 2.75) is 25.3 Å². The summed E-state index contributed by atoms with van der Waals surface area (Å²) < 4.78 is 1.10. The molecule has 0 spiro atoms. The second-order valence-electron chi connectivity index (χ2n) is 5.86. The minimum Gasteiger partial charge on any atom is -0.481 e. The molecule has 3 rings (SSSR count). The van der Waals surface area contributed by atoms with Crippen molar-refractivity contribution >= 4 is 33.2 Å². The maximum Gasteiger partial charge on any atom is 0.307 e. The molecule has 0 radical (unpaired) electrons. The van der Waals surface area contributed by atoms with Crippen molar-refractivity contribution in [1.29, 1.82) is 0 Å². The van der Waals surface area contributed by atoms with Crippen molar-refractivity contribution in [1.82, 2.24) is 9.88 Å². The molecule has 2 unspecified atom stereocenters. The number of halogens is 1. The first-order valence-electron chi connectivity index (χ1n) is 7.75. The fourth-order valence-electron chi connectivity index (χ4n) is 3.13. The molecule has 2 aromatic heterocycles. The molecule has 0 aromatic carbocycles. The number of aromatic nitrogens is 1. The third kappa shape index (κ3) is 4.19. The van der Waals surface area contributed by atoms with Crippen LogP contribution in [0, 0.1) is 5.92 Å². The van der Waals surface area contributed by atoms with Gasteiger partial charge in [0.05, 0.1) is 9.70 Å². The van der Waals surface area contributed by atoms with Crippen LogP contribution < -0.4 is 0 Å². The molecule has 2 aromatic rings. The maximum absolute atomic E-state index is 11.4. The smallest absolute Gasteiger partial charge is 0.307 e. The van der Waals surface area contributed by atoms with Crippen LogP contribution in [0.15, 0.2) is 40.3 Å². The second kappa shape index (κ2) is 7.55. The predicted molar refractivity (Wildman–Crippen MR) is 94.6 cm³/mol. The van der Waals surface area contributed by atoms with E-state index in [1.165, 1.54) is 4.88 Å². The Morgan fingerprint density at radius 3 is 2.96 bits per heavy atom. The van der Waals surface area contributed by atoms with Gasteiger partial charge in [-0.05, 0) is 59.6 Å². The molecular formula is C17H19BrN2O2S. The fraction of sp³-hybridized carbons (Fsp3) is 0.412. The normalized spacial score (nSPS) is 20.3. The van der Waals surface area contributed by atoms with Crippen molar-refractivity contribution < 1.29 is 9.90 Å². The van der Waals surface area contributed by atoms with Gasteiger partial charge in [-0.25, -0.2) is 0 Å². The van der Waals surface area contributed by atoms with Gasteiger partial charge < -0.3 is 5.11 Å². The monoisotopic (exact) mass is 394 g/mol. The number of aliphatic carboxylic acids is 1. The minimum absolute atomic E-state index is 0.184. The van der Waals surface area contributed by atoms with Gasteiger partial charge in [0.1, 0.15) is 0 Å². The lowest BCUT2D eigenvalue weighted by molar-refractivity contribution is -0.144. The van der Waals surface area contributed by atoms with Crippen molar-refractivity contribution in [3.63, 3.8) is 0 Å². The van der Waals surface area contributed by atoms with E-state index >= 15 is 0 Å². The van der Waals surface area contributed by atoms with Crippen LogP contribution in [0.1, 0.15) is 29.5 Å². The zero-order valence-electron chi connectivity index (χ0n) is 12.7. The average molecular weight is 395 g/mol. The lowest BCUT2D eigenvalue weighted by Gasteiger charge is -2.36. The Morgan fingerprint density at radius 2 is 2.30 bits per heavy atom. The SMILES string of the molecule is O=C(O)C1CCCN(C(Cc2ccccn2)c2ccc(Br)s2)C1. The van der Waals surface area contributed by atoms with Crippen LogP contribution in [0.3, 0.4) is 0 Å². The average Bonchev–Trinajstić information content (AvgIpc) is 3.00. The van der Waals surface area contributed by atoms with Gasteiger partial charge in [0.15, 0.2) is 0 Å². The van der Waals surface area contributed by atoms with E-state index < -0.39 is 5.97 Å². The Bertz CT molecular complexity index is 662. The highest BCUT2D eigenvalue weighted by Crippen LogP contribution is 2.35. The number of carboxylic acids is 1. The summed E-state index contributed by atoms with van der Waals surface area (Å²) in [5, 5.41) is 9.36. The number of carboxylic acid groups (broad SMARTS) is 1. The lowest BCUT2D eigenvalue weighted by Crippen LogP contribution is -2.41. The minimum atomic E-state index is -0.682. The number of rotatable bonds is 5. The Hall–Kier alpha value is -1.24. The van der Waals surface area contributed by atoms with Crippen LogP contribution >= 0.6 is 27.3 Å². The van der Waals surface area contributed by atoms with Crippen molar-refractivity contribution in [3.8, 4) is 0 Å². The highest BCUT2D eigenvalue weighted by atomic mass is 79.9. The van der Waals surface area contributed by atoms with E-state index in [0.717, 1.165) is 35.3 Å². The molecule has 23 heavy (non-hydrogen) atoms. The van der Waals surface area contributed by atoms with Gasteiger partial charge >= 0.3 is 5.97 Å². The topological polar surface area (TPSA) is 53.4 Å². The van der Waals surface area contributed by atoms with Gasteiger partial charge in [0.25, 0.3) is 0 Å². The number of nitrogens with zero attached hydrogens (tertiary/aromatic N) is 2. The molecule has 3 heterocycles. The van der Waals surface area contributed by atoms with Crippen molar-refractivity contribution in [2.75, 3.05) is 13.1 Å². The van der Waals surface area contributed by atoms with Crippen molar-refractivity contribution in [3.05, 3.63) is 50.9 Å². The quantitative estimate of drug-likeness (QED) is 0.832. The van der Waals surface area contributed by atoms with E-state index in [0.29, 0.717) is 6.54 Å². The van der Waals surface area contributed by atoms with E-state index in [4.69, 9.17) is 0 Å². The molecule has 6 heteroatoms. The number of thiophene rings is 1. The Morgan fingerprint density at radius 1 is 1.43 bits per heavy atom. The standard InChI is InChI=1S/C17H19BrN2O2S/c18-16-7-6-15(23-16)14(10-13-5-1-2-8-19-13)20-9-3-4-12(11-20)17(21)22/h1-2,5-8,12,14H,3-4,9-11H2,(H,21,22). The van der Waals surface area contributed by atoms with Gasteiger partial charge in [-0.2, -0.15) is 0 Å². The van der Waals surface area contributed by atoms with Crippen LogP contribution in [0.25, 0.3) is 0 Å². The summed E-state index contributed by atoms with van der Waals surface area (Å²) in [6.07, 6.45) is 4.33. The van der Waals surface area contributed by atoms with Gasteiger partial charge in [-0.1, -0.05) is 6.07 Å². The highest BCUT2D eigenvalue weighted by Gasteiger charge is 2.31. The molecule has 1 aliphatic heterocycles. The second-order valence-corrected chi connectivity index (χ2v) is 8.35. The maximum atomic E-state index is 11.4. The van der Waals surface area contributed by atoms with Crippen LogP contribution in [0.5, 0.6) is 0 Å². The Balaban J connectivity index is 1.84. The summed E-state index contributed by atoms with van der Waals surface area (Å²) >= 11 is 5.25. The van der Waals surface area contributed by atoms with E-state index in [2.05, 4.69) is 37.9 Å². The van der Waals surface area contributed by atoms with E-state index in [1.807, 2.05) is 24.4 Å². The zero-order chi connectivity index (χ0) is 16.2. The summed E-state index contributed by atoms with van der Waals surface area (Å²) in [6, 6.07) is 10.3. The fourth-order valence-corrected chi connectivity index (χ4v) is 4.68. The van der Waals surface area contributed by atoms with E-state index in [1.54, 1.807) is 11.3 Å². The Labute approximate surface area is 148 Å². The van der Waals surface area contributed by atoms with E-state index in [-0.39, 0.29) is 12.0 Å². The Kier molecular flexibility index (Phi) is 5.46. The number of hydrogen-bond acceptors (Lipinski definition) is 4. The first-order chi connectivity index (χ1) is 11.1. The molecule has 1 fully saturated rings. The molecule has 1 N–H and O–H groups in total. The summed E-state index contributed by atoms with van der Waals surface area (Å²) in [5.74, 6) is -0.947. The van der Waals surface area contributed by atoms with E-state index in [9.17, 15) is 9.90 Å². The molecule has 0 bridgehead atoms. The lowest BCUT2D eigenvalue weighted by atomic mass is 9.95. The van der Waals surface area contributed by atoms with Gasteiger partial charge in [-0.15, -0.1) is 11.3 Å². The number of likely N-dealkylation sites (tertiary alicyclic amines) is 1. The number of hydrogen-bond donors (Lipinski definition) is 1. The summed E-state index contributed by atoms with van der Waals surface area (Å²) in [7, 11) is 0. The van der Waals surface area contributed by atoms with Crippen LogP contribution in [0.4, 0.5) is 0 Å². The largest absolute Gasteiger partial charge is 0.481 e. The first kappa shape index (κ1) is 16.6. The highest BCUT2D eigenvalue weighted by molar-refractivity contribution is 9.11. The van der Waals surface area contributed by atoms with Crippen LogP contribution in [-0.4, -0.2) is 34.0 Å². The molecule has 0 aliphatic carbocycles. The van der Waals surface area contributed by atoms with Gasteiger partial charge in [0, 0.05) is 35.8 Å². The summed E-state index contributed by atoms with van der Waals surface area (Å²) in [5.41, 5.74) is 1.04. The third-order valence-corrected chi connectivity index (χ3v) is 6.02. The molecule has 4 nitrogen and oxygen atoms in total. The number of carbonyl (C=O) groups is 1. The molecule has 0 saturated carbocycles. The van der Waals surface area contributed by atoms with Gasteiger partial charge in [0.2, 0.25) is 0 Å². The molecule has 1 aliphatic rings. The number of piperidine rings is 1. The van der Waals surface area contributed by atoms with Crippen molar-refractivity contribution in [2.24, 2.45) is 5.92 Å². The molecule has 122 valence electrons. The molecule has 0 amide bonds. The van der Waals surface area contributed by atoms with Crippen LogP contribution in [0.2, 0.25) is 0 Å². The zero-order valence-corrected chi connectivity index (χ0v) is 15.1. The predicted octanol–water partition coefficient (Wildman–Crippen LogP) is 3.99. The van der Waals surface area contributed by atoms with Gasteiger partial charge in [-0.3, -0.25) is 14.7 Å². The number of pyridine rings is 1. The van der Waals surface area contributed by atoms with Crippen LogP contribution in [-0.2, 0) is 11.2 Å². The molecule has 1 saturated heterocycles. The first-order valence-corrected chi connectivity index (χ1v) is 9.36. The summed E-state index contributed by atoms with van der Waals surface area (Å²) in [4.78, 5) is 19.4. The molecular weight excluding hydrogens is 376 g/mol.